The summed E-state index contributed by atoms with van der Waals surface area (Å²) >= 11 is 0. The van der Waals surface area contributed by atoms with Gasteiger partial charge in [0.1, 0.15) is 17.4 Å². The van der Waals surface area contributed by atoms with Crippen LogP contribution in [0.5, 0.6) is 5.75 Å². The minimum absolute atomic E-state index is 0.0917. The van der Waals surface area contributed by atoms with Crippen molar-refractivity contribution in [3.05, 3.63) is 101 Å². The summed E-state index contributed by atoms with van der Waals surface area (Å²) < 4.78 is 69.9. The van der Waals surface area contributed by atoms with Gasteiger partial charge in [0.15, 0.2) is 17.5 Å². The van der Waals surface area contributed by atoms with Gasteiger partial charge in [-0.05, 0) is 71.1 Å². The zero-order chi connectivity index (χ0) is 22.3. The average Bonchev–Trinajstić information content (AvgIpc) is 2.72. The minimum Gasteiger partial charge on any atom is -0.508 e. The van der Waals surface area contributed by atoms with Gasteiger partial charge in [-0.15, -0.1) is 0 Å². The van der Waals surface area contributed by atoms with Crippen molar-refractivity contribution < 1.29 is 27.1 Å². The molecule has 0 aliphatic rings. The van der Waals surface area contributed by atoms with Crippen molar-refractivity contribution in [1.29, 1.82) is 0 Å². The van der Waals surface area contributed by atoms with Gasteiger partial charge in [0, 0.05) is 11.1 Å². The molecular formula is C25H15F5O. The molecule has 0 aliphatic carbocycles. The number of phenolic OH excluding ortho intramolecular Hbond substituents is 1. The van der Waals surface area contributed by atoms with Crippen LogP contribution < -0.4 is 0 Å². The highest BCUT2D eigenvalue weighted by Gasteiger charge is 2.17. The van der Waals surface area contributed by atoms with Crippen molar-refractivity contribution in [1.82, 2.24) is 0 Å². The molecule has 0 radical (unpaired) electrons. The fraction of sp³-hybridized carbons (Fsp3) is 0.0400. The van der Waals surface area contributed by atoms with E-state index in [-0.39, 0.29) is 28.0 Å². The molecule has 0 atom stereocenters. The molecule has 0 aliphatic heterocycles. The maximum absolute atomic E-state index is 15.0. The molecule has 4 aromatic carbocycles. The largest absolute Gasteiger partial charge is 0.508 e. The molecule has 0 fully saturated rings. The molecule has 156 valence electrons. The lowest BCUT2D eigenvalue weighted by Gasteiger charge is -2.13. The average molecular weight is 426 g/mol. The first-order chi connectivity index (χ1) is 14.7. The number of hydrogen-bond acceptors (Lipinski definition) is 1. The molecule has 6 heteroatoms. The zero-order valence-electron chi connectivity index (χ0n) is 16.2. The highest BCUT2D eigenvalue weighted by molar-refractivity contribution is 5.76. The first-order valence-corrected chi connectivity index (χ1v) is 9.29. The SMILES string of the molecule is Cc1cc(-c2ccc(O)cc2)cc(F)c1-c1ccc(-c2cc(F)c(F)c(F)c2)c(F)c1. The van der Waals surface area contributed by atoms with E-state index in [1.165, 1.54) is 30.3 Å². The van der Waals surface area contributed by atoms with E-state index >= 15 is 0 Å². The lowest BCUT2D eigenvalue weighted by atomic mass is 9.93. The standard InChI is InChI=1S/C25H15F5O/c1-13-8-16(14-2-5-18(31)6-3-14)10-21(27)24(13)15-4-7-19(20(26)9-15)17-11-22(28)25(30)23(29)12-17/h2-12,31H,1H3. The molecule has 0 spiro atoms. The third-order valence-corrected chi connectivity index (χ3v) is 5.04. The molecule has 1 nitrogen and oxygen atoms in total. The Hall–Kier alpha value is -3.67. The lowest BCUT2D eigenvalue weighted by Crippen LogP contribution is -1.95. The van der Waals surface area contributed by atoms with Gasteiger partial charge in [0.2, 0.25) is 0 Å². The summed E-state index contributed by atoms with van der Waals surface area (Å²) in [5, 5.41) is 9.41. The molecule has 31 heavy (non-hydrogen) atoms. The van der Waals surface area contributed by atoms with Gasteiger partial charge in [0.25, 0.3) is 0 Å². The Kier molecular flexibility index (Phi) is 5.23. The van der Waals surface area contributed by atoms with Gasteiger partial charge >= 0.3 is 0 Å². The van der Waals surface area contributed by atoms with E-state index in [1.807, 2.05) is 0 Å². The van der Waals surface area contributed by atoms with Crippen LogP contribution in [-0.2, 0) is 0 Å². The Balaban J connectivity index is 1.75. The van der Waals surface area contributed by atoms with Crippen LogP contribution in [-0.4, -0.2) is 5.11 Å². The summed E-state index contributed by atoms with van der Waals surface area (Å²) in [5.74, 6) is -5.80. The van der Waals surface area contributed by atoms with Crippen LogP contribution in [0, 0.1) is 36.0 Å². The van der Waals surface area contributed by atoms with Crippen molar-refractivity contribution in [2.24, 2.45) is 0 Å². The minimum atomic E-state index is -1.63. The van der Waals surface area contributed by atoms with Crippen LogP contribution in [0.4, 0.5) is 22.0 Å². The fourth-order valence-corrected chi connectivity index (χ4v) is 3.55. The molecule has 0 saturated heterocycles. The van der Waals surface area contributed by atoms with E-state index in [0.29, 0.717) is 28.8 Å². The predicted molar refractivity (Wildman–Crippen MR) is 109 cm³/mol. The number of phenols is 1. The van der Waals surface area contributed by atoms with Crippen molar-refractivity contribution in [3.8, 4) is 39.1 Å². The molecule has 1 N–H and O–H groups in total. The number of halogens is 5. The van der Waals surface area contributed by atoms with E-state index < -0.39 is 29.1 Å². The van der Waals surface area contributed by atoms with Gasteiger partial charge in [-0.2, -0.15) is 0 Å². The third kappa shape index (κ3) is 3.89. The van der Waals surface area contributed by atoms with Gasteiger partial charge in [-0.1, -0.05) is 30.3 Å². The number of aromatic hydroxyl groups is 1. The van der Waals surface area contributed by atoms with Crippen LogP contribution in [0.1, 0.15) is 5.56 Å². The third-order valence-electron chi connectivity index (χ3n) is 5.04. The normalized spacial score (nSPS) is 11.0. The van der Waals surface area contributed by atoms with Crippen LogP contribution in [0.2, 0.25) is 0 Å². The van der Waals surface area contributed by atoms with Gasteiger partial charge in [-0.3, -0.25) is 0 Å². The second-order valence-electron chi connectivity index (χ2n) is 7.15. The molecular weight excluding hydrogens is 411 g/mol. The highest BCUT2D eigenvalue weighted by Crippen LogP contribution is 2.35. The van der Waals surface area contributed by atoms with Crippen molar-refractivity contribution in [2.75, 3.05) is 0 Å². The Morgan fingerprint density at radius 1 is 0.548 bits per heavy atom. The molecule has 0 amide bonds. The summed E-state index contributed by atoms with van der Waals surface area (Å²) in [5.41, 5.74) is 1.97. The summed E-state index contributed by atoms with van der Waals surface area (Å²) in [6.45, 7) is 1.68. The molecule has 0 heterocycles. The van der Waals surface area contributed by atoms with Crippen molar-refractivity contribution >= 4 is 0 Å². The number of benzene rings is 4. The molecule has 4 aromatic rings. The predicted octanol–water partition coefficient (Wildman–Crippen LogP) is 7.40. The topological polar surface area (TPSA) is 20.2 Å². The number of rotatable bonds is 3. The smallest absolute Gasteiger partial charge is 0.194 e. The van der Waals surface area contributed by atoms with Gasteiger partial charge in [-0.25, -0.2) is 22.0 Å². The highest BCUT2D eigenvalue weighted by atomic mass is 19.2. The van der Waals surface area contributed by atoms with Crippen molar-refractivity contribution in [2.45, 2.75) is 6.92 Å². The first-order valence-electron chi connectivity index (χ1n) is 9.29. The Morgan fingerprint density at radius 2 is 1.10 bits per heavy atom. The monoisotopic (exact) mass is 426 g/mol. The Morgan fingerprint density at radius 3 is 1.68 bits per heavy atom. The van der Waals surface area contributed by atoms with Crippen LogP contribution >= 0.6 is 0 Å². The molecule has 0 bridgehead atoms. The second-order valence-corrected chi connectivity index (χ2v) is 7.15. The molecule has 0 saturated carbocycles. The molecule has 0 unspecified atom stereocenters. The van der Waals surface area contributed by atoms with Crippen molar-refractivity contribution in [3.63, 3.8) is 0 Å². The number of hydrogen-bond donors (Lipinski definition) is 1. The zero-order valence-corrected chi connectivity index (χ0v) is 16.2. The fourth-order valence-electron chi connectivity index (χ4n) is 3.55. The van der Waals surface area contributed by atoms with E-state index in [2.05, 4.69) is 0 Å². The maximum atomic E-state index is 15.0. The number of aryl methyl sites for hydroxylation is 1. The van der Waals surface area contributed by atoms with E-state index in [4.69, 9.17) is 0 Å². The first kappa shape index (κ1) is 20.6. The maximum Gasteiger partial charge on any atom is 0.194 e. The summed E-state index contributed by atoms with van der Waals surface area (Å²) in [6.07, 6.45) is 0. The second kappa shape index (κ2) is 7.87. The Labute approximate surface area is 175 Å². The van der Waals surface area contributed by atoms with E-state index in [9.17, 15) is 27.1 Å². The van der Waals surface area contributed by atoms with E-state index in [0.717, 1.165) is 6.07 Å². The summed E-state index contributed by atoms with van der Waals surface area (Å²) in [6, 6.07) is 14.5. The van der Waals surface area contributed by atoms with E-state index in [1.54, 1.807) is 25.1 Å². The summed E-state index contributed by atoms with van der Waals surface area (Å²) in [4.78, 5) is 0. The lowest BCUT2D eigenvalue weighted by molar-refractivity contribution is 0.447. The van der Waals surface area contributed by atoms with Crippen LogP contribution in [0.25, 0.3) is 33.4 Å². The Bertz CT molecular complexity index is 1250. The van der Waals surface area contributed by atoms with Gasteiger partial charge in [0.05, 0.1) is 0 Å². The molecule has 4 rings (SSSR count). The quantitative estimate of drug-likeness (QED) is 0.267. The van der Waals surface area contributed by atoms with Gasteiger partial charge < -0.3 is 5.11 Å². The van der Waals surface area contributed by atoms with Crippen LogP contribution in [0.3, 0.4) is 0 Å². The molecule has 0 aromatic heterocycles. The summed E-state index contributed by atoms with van der Waals surface area (Å²) in [7, 11) is 0. The van der Waals surface area contributed by atoms with Crippen LogP contribution in [0.15, 0.2) is 66.7 Å².